The van der Waals surface area contributed by atoms with Gasteiger partial charge in [0.05, 0.1) is 18.5 Å². The zero-order chi connectivity index (χ0) is 19.3. The molecule has 2 amide bonds. The normalized spacial score (nSPS) is 12.6. The van der Waals surface area contributed by atoms with Crippen molar-refractivity contribution in [2.75, 3.05) is 11.4 Å². The van der Waals surface area contributed by atoms with E-state index in [0.29, 0.717) is 54.6 Å². The summed E-state index contributed by atoms with van der Waals surface area (Å²) in [7, 11) is 0. The van der Waals surface area contributed by atoms with Crippen LogP contribution < -0.4 is 15.0 Å². The monoisotopic (exact) mass is 377 g/mol. The van der Waals surface area contributed by atoms with Gasteiger partial charge in [-0.1, -0.05) is 12.1 Å². The number of carbonyl (C=O) groups is 2. The second-order valence-corrected chi connectivity index (χ2v) is 6.34. The fourth-order valence-corrected chi connectivity index (χ4v) is 3.07. The third kappa shape index (κ3) is 3.73. The van der Waals surface area contributed by atoms with Crippen LogP contribution in [0.25, 0.3) is 0 Å². The standard InChI is InChI=1S/C21H19N3O4/c25-19(23-14-15-6-5-13-27-15)10-4-12-24-17-8-1-2-9-18(17)28-20-16(21(24)26)7-3-11-22-20/h1-3,5-9,11,13H,4,10,12,14H2,(H,23,25). The van der Waals surface area contributed by atoms with Crippen LogP contribution in [0.3, 0.4) is 0 Å². The van der Waals surface area contributed by atoms with Gasteiger partial charge in [-0.25, -0.2) is 4.98 Å². The number of pyridine rings is 1. The Kier molecular flexibility index (Phi) is 5.05. The summed E-state index contributed by atoms with van der Waals surface area (Å²) < 4.78 is 11.0. The second-order valence-electron chi connectivity index (χ2n) is 6.34. The lowest BCUT2D eigenvalue weighted by molar-refractivity contribution is -0.121. The summed E-state index contributed by atoms with van der Waals surface area (Å²) in [4.78, 5) is 31.0. The van der Waals surface area contributed by atoms with Crippen molar-refractivity contribution in [3.63, 3.8) is 0 Å². The third-order valence-electron chi connectivity index (χ3n) is 4.43. The zero-order valence-electron chi connectivity index (χ0n) is 15.1. The number of anilines is 1. The van der Waals surface area contributed by atoms with Crippen molar-refractivity contribution in [1.29, 1.82) is 0 Å². The van der Waals surface area contributed by atoms with Crippen LogP contribution in [0.5, 0.6) is 11.6 Å². The molecular weight excluding hydrogens is 358 g/mol. The van der Waals surface area contributed by atoms with E-state index in [1.807, 2.05) is 18.2 Å². The quantitative estimate of drug-likeness (QED) is 0.710. The van der Waals surface area contributed by atoms with Crippen molar-refractivity contribution in [3.8, 4) is 11.6 Å². The highest BCUT2D eigenvalue weighted by molar-refractivity contribution is 6.09. The van der Waals surface area contributed by atoms with Crippen LogP contribution in [0.2, 0.25) is 0 Å². The van der Waals surface area contributed by atoms with Gasteiger partial charge in [0, 0.05) is 19.2 Å². The smallest absolute Gasteiger partial charge is 0.263 e. The summed E-state index contributed by atoms with van der Waals surface area (Å²) in [6.45, 7) is 0.742. The molecule has 2 aromatic heterocycles. The predicted molar refractivity (Wildman–Crippen MR) is 102 cm³/mol. The highest BCUT2D eigenvalue weighted by Crippen LogP contribution is 2.37. The zero-order valence-corrected chi connectivity index (χ0v) is 15.1. The summed E-state index contributed by atoms with van der Waals surface area (Å²) in [5.41, 5.74) is 1.07. The number of nitrogens with zero attached hydrogens (tertiary/aromatic N) is 2. The molecule has 0 spiro atoms. The van der Waals surface area contributed by atoms with Gasteiger partial charge < -0.3 is 19.4 Å². The summed E-state index contributed by atoms with van der Waals surface area (Å²) >= 11 is 0. The molecule has 3 heterocycles. The minimum absolute atomic E-state index is 0.0923. The number of amides is 2. The van der Waals surface area contributed by atoms with Gasteiger partial charge in [0.2, 0.25) is 11.8 Å². The fraction of sp³-hybridized carbons (Fsp3) is 0.190. The molecule has 3 aromatic rings. The van der Waals surface area contributed by atoms with E-state index in [4.69, 9.17) is 9.15 Å². The van der Waals surface area contributed by atoms with Gasteiger partial charge in [0.1, 0.15) is 11.3 Å². The highest BCUT2D eigenvalue weighted by Gasteiger charge is 2.28. The molecule has 1 aromatic carbocycles. The average molecular weight is 377 g/mol. The number of furan rings is 1. The van der Waals surface area contributed by atoms with Crippen molar-refractivity contribution in [1.82, 2.24) is 10.3 Å². The molecule has 0 fully saturated rings. The number of aromatic nitrogens is 1. The maximum absolute atomic E-state index is 13.0. The van der Waals surface area contributed by atoms with E-state index in [1.165, 1.54) is 0 Å². The van der Waals surface area contributed by atoms with E-state index >= 15 is 0 Å². The molecule has 28 heavy (non-hydrogen) atoms. The first-order valence-corrected chi connectivity index (χ1v) is 9.05. The Hall–Kier alpha value is -3.61. The van der Waals surface area contributed by atoms with E-state index in [1.54, 1.807) is 47.7 Å². The first-order valence-electron chi connectivity index (χ1n) is 9.05. The van der Waals surface area contributed by atoms with E-state index < -0.39 is 0 Å². The molecule has 0 saturated carbocycles. The van der Waals surface area contributed by atoms with Gasteiger partial charge in [-0.15, -0.1) is 0 Å². The van der Waals surface area contributed by atoms with Gasteiger partial charge in [-0.2, -0.15) is 0 Å². The Balaban J connectivity index is 1.44. The Morgan fingerprint density at radius 1 is 1.11 bits per heavy atom. The molecule has 0 bridgehead atoms. The molecule has 0 radical (unpaired) electrons. The van der Waals surface area contributed by atoms with Gasteiger partial charge >= 0.3 is 0 Å². The molecule has 7 nitrogen and oxygen atoms in total. The first-order chi connectivity index (χ1) is 13.7. The lowest BCUT2D eigenvalue weighted by atomic mass is 10.2. The van der Waals surface area contributed by atoms with Crippen molar-refractivity contribution < 1.29 is 18.7 Å². The number of hydrogen-bond donors (Lipinski definition) is 1. The number of ether oxygens (including phenoxy) is 1. The van der Waals surface area contributed by atoms with Gasteiger partial charge in [-0.3, -0.25) is 9.59 Å². The SMILES string of the molecule is O=C(CCCN1C(=O)c2cccnc2Oc2ccccc21)NCc1ccco1. The molecule has 1 N–H and O–H groups in total. The number of para-hydroxylation sites is 2. The molecule has 0 unspecified atom stereocenters. The number of carbonyl (C=O) groups excluding carboxylic acids is 2. The molecule has 0 aliphatic carbocycles. The van der Waals surface area contributed by atoms with E-state index in [9.17, 15) is 9.59 Å². The maximum atomic E-state index is 13.0. The van der Waals surface area contributed by atoms with E-state index in [2.05, 4.69) is 10.3 Å². The first kappa shape index (κ1) is 17.8. The molecule has 142 valence electrons. The van der Waals surface area contributed by atoms with E-state index in [-0.39, 0.29) is 11.8 Å². The average Bonchev–Trinajstić information content (AvgIpc) is 3.20. The molecule has 4 rings (SSSR count). The largest absolute Gasteiger partial charge is 0.467 e. The van der Waals surface area contributed by atoms with Gasteiger partial charge in [0.25, 0.3) is 5.91 Å². The van der Waals surface area contributed by atoms with Crippen molar-refractivity contribution >= 4 is 17.5 Å². The Labute approximate surface area is 161 Å². The van der Waals surface area contributed by atoms with Crippen LogP contribution in [0.1, 0.15) is 29.0 Å². The molecule has 7 heteroatoms. The van der Waals surface area contributed by atoms with Gasteiger partial charge in [0.15, 0.2) is 5.75 Å². The van der Waals surface area contributed by atoms with Crippen LogP contribution in [0.15, 0.2) is 65.4 Å². The number of rotatable bonds is 6. The van der Waals surface area contributed by atoms with Crippen LogP contribution in [-0.2, 0) is 11.3 Å². The maximum Gasteiger partial charge on any atom is 0.263 e. The number of fused-ring (bicyclic) bond motifs is 2. The molecular formula is C21H19N3O4. The van der Waals surface area contributed by atoms with Crippen LogP contribution in [0, 0.1) is 0 Å². The van der Waals surface area contributed by atoms with Crippen LogP contribution in [0.4, 0.5) is 5.69 Å². The highest BCUT2D eigenvalue weighted by atomic mass is 16.5. The Morgan fingerprint density at radius 2 is 2.00 bits per heavy atom. The fourth-order valence-electron chi connectivity index (χ4n) is 3.07. The van der Waals surface area contributed by atoms with Crippen LogP contribution in [-0.4, -0.2) is 23.3 Å². The molecule has 0 atom stereocenters. The topological polar surface area (TPSA) is 84.7 Å². The summed E-state index contributed by atoms with van der Waals surface area (Å²) in [5, 5.41) is 2.81. The third-order valence-corrected chi connectivity index (χ3v) is 4.43. The minimum Gasteiger partial charge on any atom is -0.467 e. The lowest BCUT2D eigenvalue weighted by Gasteiger charge is -2.21. The number of hydrogen-bond acceptors (Lipinski definition) is 5. The predicted octanol–water partition coefficient (Wildman–Crippen LogP) is 3.52. The van der Waals surface area contributed by atoms with Crippen molar-refractivity contribution in [2.24, 2.45) is 0 Å². The Morgan fingerprint density at radius 3 is 2.86 bits per heavy atom. The van der Waals surface area contributed by atoms with Crippen molar-refractivity contribution in [2.45, 2.75) is 19.4 Å². The summed E-state index contributed by atoms with van der Waals surface area (Å²) in [6.07, 6.45) is 3.97. The van der Waals surface area contributed by atoms with E-state index in [0.717, 1.165) is 0 Å². The molecule has 0 saturated heterocycles. The number of benzene rings is 1. The lowest BCUT2D eigenvalue weighted by Crippen LogP contribution is -2.32. The minimum atomic E-state index is -0.191. The Bertz CT molecular complexity index is 985. The number of nitrogens with one attached hydrogen (secondary N) is 1. The van der Waals surface area contributed by atoms with Gasteiger partial charge in [-0.05, 0) is 42.8 Å². The van der Waals surface area contributed by atoms with Crippen LogP contribution >= 0.6 is 0 Å². The summed E-state index contributed by atoms with van der Waals surface area (Å²) in [6, 6.07) is 14.3. The second kappa shape index (κ2) is 7.96. The summed E-state index contributed by atoms with van der Waals surface area (Å²) in [5.74, 6) is 1.27. The molecule has 1 aliphatic rings. The molecule has 1 aliphatic heterocycles. The van der Waals surface area contributed by atoms with Crippen molar-refractivity contribution in [3.05, 3.63) is 72.3 Å².